The average Bonchev–Trinajstić information content (AvgIpc) is 2.77. The van der Waals surface area contributed by atoms with Crippen molar-refractivity contribution in [3.63, 3.8) is 0 Å². The lowest BCUT2D eigenvalue weighted by molar-refractivity contribution is -0.138. The average molecular weight is 249 g/mol. The quantitative estimate of drug-likeness (QED) is 0.850. The van der Waals surface area contributed by atoms with Crippen LogP contribution in [-0.2, 0) is 11.2 Å². The van der Waals surface area contributed by atoms with Crippen LogP contribution in [0, 0.1) is 0 Å². The molecule has 2 rings (SSSR count). The zero-order valence-corrected chi connectivity index (χ0v) is 9.72. The Bertz CT molecular complexity index is 512. The summed E-state index contributed by atoms with van der Waals surface area (Å²) in [6, 6.07) is 2.76. The van der Waals surface area contributed by atoms with E-state index >= 15 is 0 Å². The summed E-state index contributed by atoms with van der Waals surface area (Å²) in [7, 11) is 0. The fourth-order valence-electron chi connectivity index (χ4n) is 1.35. The molecule has 2 aromatic rings. The van der Waals surface area contributed by atoms with Crippen molar-refractivity contribution in [1.29, 1.82) is 0 Å². The van der Waals surface area contributed by atoms with Crippen molar-refractivity contribution in [1.82, 2.24) is 9.97 Å². The smallest absolute Gasteiger partial charge is 0.326 e. The van der Waals surface area contributed by atoms with Crippen LogP contribution >= 0.6 is 11.3 Å². The highest BCUT2D eigenvalue weighted by Gasteiger charge is 2.17. The molecule has 17 heavy (non-hydrogen) atoms. The van der Waals surface area contributed by atoms with Gasteiger partial charge in [-0.15, -0.1) is 11.3 Å². The molecule has 2 aromatic heterocycles. The lowest BCUT2D eigenvalue weighted by Gasteiger charge is -2.00. The van der Waals surface area contributed by atoms with E-state index in [1.54, 1.807) is 17.8 Å². The third-order valence-electron chi connectivity index (χ3n) is 2.26. The molecule has 3 N–H and O–H groups in total. The number of rotatable bonds is 4. The first-order valence-electron chi connectivity index (χ1n) is 4.98. The first-order valence-corrected chi connectivity index (χ1v) is 5.86. The lowest BCUT2D eigenvalue weighted by atomic mass is 10.2. The molecule has 0 fully saturated rings. The Hall–Kier alpha value is -1.79. The number of carbonyl (C=O) groups is 1. The van der Waals surface area contributed by atoms with E-state index in [1.807, 2.05) is 12.1 Å². The van der Waals surface area contributed by atoms with Crippen molar-refractivity contribution in [3.05, 3.63) is 46.2 Å². The molecule has 0 saturated heterocycles. The summed E-state index contributed by atoms with van der Waals surface area (Å²) < 4.78 is 0. The second-order valence-electron chi connectivity index (χ2n) is 3.51. The Morgan fingerprint density at radius 3 is 2.82 bits per heavy atom. The van der Waals surface area contributed by atoms with E-state index in [0.717, 1.165) is 10.6 Å². The predicted molar refractivity (Wildman–Crippen MR) is 63.7 cm³/mol. The van der Waals surface area contributed by atoms with E-state index in [9.17, 15) is 4.79 Å². The summed E-state index contributed by atoms with van der Waals surface area (Å²) in [6.07, 6.45) is 4.10. The largest absolute Gasteiger partial charge is 0.480 e. The maximum Gasteiger partial charge on any atom is 0.326 e. The highest BCUT2D eigenvalue weighted by atomic mass is 32.1. The molecule has 1 unspecified atom stereocenters. The Morgan fingerprint density at radius 1 is 1.47 bits per heavy atom. The van der Waals surface area contributed by atoms with Crippen LogP contribution in [0.5, 0.6) is 0 Å². The standard InChI is InChI=1S/C11H11N3O2S/c12-10(11(15)16)8-6-17-9(14-8)5-7-1-3-13-4-2-7/h1-4,6,10H,5,12H2,(H,15,16). The molecule has 1 atom stereocenters. The summed E-state index contributed by atoms with van der Waals surface area (Å²) in [4.78, 5) is 18.8. The van der Waals surface area contributed by atoms with E-state index < -0.39 is 12.0 Å². The van der Waals surface area contributed by atoms with Gasteiger partial charge in [-0.1, -0.05) is 0 Å². The van der Waals surface area contributed by atoms with Crippen LogP contribution in [0.3, 0.4) is 0 Å². The van der Waals surface area contributed by atoms with Gasteiger partial charge in [-0.05, 0) is 17.7 Å². The maximum atomic E-state index is 10.7. The monoisotopic (exact) mass is 249 g/mol. The zero-order valence-electron chi connectivity index (χ0n) is 8.91. The van der Waals surface area contributed by atoms with Crippen LogP contribution in [0.1, 0.15) is 22.3 Å². The third kappa shape index (κ3) is 2.86. The molecule has 0 aliphatic rings. The number of carboxylic acids is 1. The minimum atomic E-state index is -1.06. The Morgan fingerprint density at radius 2 is 2.18 bits per heavy atom. The number of nitrogens with zero attached hydrogens (tertiary/aromatic N) is 2. The van der Waals surface area contributed by atoms with Crippen molar-refractivity contribution in [2.24, 2.45) is 5.73 Å². The molecule has 88 valence electrons. The van der Waals surface area contributed by atoms with E-state index in [4.69, 9.17) is 10.8 Å². The van der Waals surface area contributed by atoms with E-state index in [0.29, 0.717) is 12.1 Å². The minimum Gasteiger partial charge on any atom is -0.480 e. The molecule has 0 spiro atoms. The molecule has 2 heterocycles. The molecule has 0 aliphatic carbocycles. The second-order valence-corrected chi connectivity index (χ2v) is 4.46. The number of aliphatic carboxylic acids is 1. The van der Waals surface area contributed by atoms with Crippen LogP contribution in [-0.4, -0.2) is 21.0 Å². The summed E-state index contributed by atoms with van der Waals surface area (Å²) in [5.41, 5.74) is 6.98. The molecule has 6 heteroatoms. The van der Waals surface area contributed by atoms with Crippen molar-refractivity contribution < 1.29 is 9.90 Å². The van der Waals surface area contributed by atoms with Gasteiger partial charge in [0.25, 0.3) is 0 Å². The van der Waals surface area contributed by atoms with Gasteiger partial charge in [-0.25, -0.2) is 4.98 Å². The third-order valence-corrected chi connectivity index (χ3v) is 3.13. The molecule has 0 aliphatic heterocycles. The van der Waals surface area contributed by atoms with Gasteiger partial charge in [0.05, 0.1) is 10.7 Å². The summed E-state index contributed by atoms with van der Waals surface area (Å²) in [5.74, 6) is -1.06. The van der Waals surface area contributed by atoms with Crippen molar-refractivity contribution in [2.75, 3.05) is 0 Å². The minimum absolute atomic E-state index is 0.409. The number of thiazole rings is 1. The first kappa shape index (κ1) is 11.7. The summed E-state index contributed by atoms with van der Waals surface area (Å²) in [6.45, 7) is 0. The number of hydrogen-bond donors (Lipinski definition) is 2. The lowest BCUT2D eigenvalue weighted by Crippen LogP contribution is -2.20. The first-order chi connectivity index (χ1) is 8.16. The van der Waals surface area contributed by atoms with Crippen LogP contribution in [0.4, 0.5) is 0 Å². The second kappa shape index (κ2) is 5.03. The molecular weight excluding hydrogens is 238 g/mol. The van der Waals surface area contributed by atoms with Crippen LogP contribution in [0.2, 0.25) is 0 Å². The van der Waals surface area contributed by atoms with Crippen LogP contribution < -0.4 is 5.73 Å². The van der Waals surface area contributed by atoms with Crippen molar-refractivity contribution >= 4 is 17.3 Å². The topological polar surface area (TPSA) is 89.1 Å². The molecule has 0 aromatic carbocycles. The Labute approximate surface area is 102 Å². The van der Waals surface area contributed by atoms with Gasteiger partial charge in [0.2, 0.25) is 0 Å². The van der Waals surface area contributed by atoms with Gasteiger partial charge < -0.3 is 10.8 Å². The molecule has 0 bridgehead atoms. The van der Waals surface area contributed by atoms with Gasteiger partial charge in [-0.3, -0.25) is 9.78 Å². The van der Waals surface area contributed by atoms with Crippen LogP contribution in [0.25, 0.3) is 0 Å². The van der Waals surface area contributed by atoms with Gasteiger partial charge in [0.15, 0.2) is 0 Å². The SMILES string of the molecule is NC(C(=O)O)c1csc(Cc2ccncc2)n1. The van der Waals surface area contributed by atoms with Gasteiger partial charge >= 0.3 is 5.97 Å². The highest BCUT2D eigenvalue weighted by Crippen LogP contribution is 2.18. The van der Waals surface area contributed by atoms with Gasteiger partial charge in [-0.2, -0.15) is 0 Å². The van der Waals surface area contributed by atoms with Crippen molar-refractivity contribution in [3.8, 4) is 0 Å². The van der Waals surface area contributed by atoms with E-state index in [1.165, 1.54) is 11.3 Å². The Balaban J connectivity index is 2.11. The molecule has 0 saturated carbocycles. The number of pyridine rings is 1. The van der Waals surface area contributed by atoms with E-state index in [2.05, 4.69) is 9.97 Å². The number of nitrogens with two attached hydrogens (primary N) is 1. The molecule has 5 nitrogen and oxygen atoms in total. The zero-order chi connectivity index (χ0) is 12.3. The fraction of sp³-hybridized carbons (Fsp3) is 0.182. The normalized spacial score (nSPS) is 12.3. The molecular formula is C11H11N3O2S. The van der Waals surface area contributed by atoms with Crippen LogP contribution in [0.15, 0.2) is 29.9 Å². The maximum absolute atomic E-state index is 10.7. The Kier molecular flexibility index (Phi) is 3.46. The van der Waals surface area contributed by atoms with Gasteiger partial charge in [0.1, 0.15) is 6.04 Å². The summed E-state index contributed by atoms with van der Waals surface area (Å²) >= 11 is 1.42. The fourth-order valence-corrected chi connectivity index (χ4v) is 2.22. The molecule has 0 amide bonds. The van der Waals surface area contributed by atoms with Gasteiger partial charge in [0, 0.05) is 24.2 Å². The summed E-state index contributed by atoms with van der Waals surface area (Å²) in [5, 5.41) is 11.3. The number of aromatic nitrogens is 2. The highest BCUT2D eigenvalue weighted by molar-refractivity contribution is 7.09. The predicted octanol–water partition coefficient (Wildman–Crippen LogP) is 1.21. The number of hydrogen-bond acceptors (Lipinski definition) is 5. The number of carboxylic acid groups (broad SMARTS) is 1. The van der Waals surface area contributed by atoms with E-state index in [-0.39, 0.29) is 0 Å². The van der Waals surface area contributed by atoms with Crippen molar-refractivity contribution in [2.45, 2.75) is 12.5 Å². The molecule has 0 radical (unpaired) electrons.